The fourth-order valence-corrected chi connectivity index (χ4v) is 2.58. The summed E-state index contributed by atoms with van der Waals surface area (Å²) in [6.45, 7) is 4.32. The number of urea groups is 1. The molecule has 2 heterocycles. The van der Waals surface area contributed by atoms with Crippen molar-refractivity contribution < 1.29 is 13.6 Å². The molecule has 1 aromatic carbocycles. The number of carbonyl (C=O) groups excluding carboxylic acids is 1. The zero-order valence-electron chi connectivity index (χ0n) is 16.5. The van der Waals surface area contributed by atoms with Gasteiger partial charge in [0.1, 0.15) is 34.9 Å². The van der Waals surface area contributed by atoms with Crippen molar-refractivity contribution in [2.75, 3.05) is 29.0 Å². The Balaban J connectivity index is 1.50. The van der Waals surface area contributed by atoms with Crippen LogP contribution in [0.1, 0.15) is 11.4 Å². The summed E-state index contributed by atoms with van der Waals surface area (Å²) >= 11 is 0. The fraction of sp³-hybridized carbons (Fsp3) is 0.200. The van der Waals surface area contributed by atoms with Gasteiger partial charge < -0.3 is 21.3 Å². The highest BCUT2D eigenvalue weighted by Gasteiger charge is 2.08. The van der Waals surface area contributed by atoms with Gasteiger partial charge in [-0.05, 0) is 43.7 Å². The third kappa shape index (κ3) is 6.09. The number of aromatic nitrogens is 3. The van der Waals surface area contributed by atoms with Crippen LogP contribution in [0.4, 0.5) is 36.7 Å². The molecular formula is C20H21F2N7O. The second kappa shape index (κ2) is 9.59. The van der Waals surface area contributed by atoms with Crippen LogP contribution >= 0.6 is 0 Å². The predicted molar refractivity (Wildman–Crippen MR) is 111 cm³/mol. The zero-order chi connectivity index (χ0) is 21.5. The number of rotatable bonds is 7. The maximum Gasteiger partial charge on any atom is 0.319 e. The van der Waals surface area contributed by atoms with Gasteiger partial charge in [-0.25, -0.2) is 28.5 Å². The Hall–Kier alpha value is -3.82. The molecule has 156 valence electrons. The van der Waals surface area contributed by atoms with Crippen molar-refractivity contribution in [3.05, 3.63) is 65.6 Å². The highest BCUT2D eigenvalue weighted by Crippen LogP contribution is 2.17. The van der Waals surface area contributed by atoms with Crippen molar-refractivity contribution in [1.29, 1.82) is 0 Å². The van der Waals surface area contributed by atoms with Gasteiger partial charge in [-0.3, -0.25) is 0 Å². The van der Waals surface area contributed by atoms with Gasteiger partial charge in [0.25, 0.3) is 0 Å². The maximum absolute atomic E-state index is 13.5. The number of nitrogens with zero attached hydrogens (tertiary/aromatic N) is 3. The van der Waals surface area contributed by atoms with E-state index in [1.807, 2.05) is 19.1 Å². The Morgan fingerprint density at radius 1 is 0.967 bits per heavy atom. The number of hydrogen-bond acceptors (Lipinski definition) is 6. The number of halogens is 2. The van der Waals surface area contributed by atoms with Gasteiger partial charge in [-0.15, -0.1) is 0 Å². The fourth-order valence-electron chi connectivity index (χ4n) is 2.58. The molecule has 3 rings (SSSR count). The van der Waals surface area contributed by atoms with Crippen molar-refractivity contribution in [2.45, 2.75) is 13.8 Å². The second-order valence-corrected chi connectivity index (χ2v) is 6.46. The number of anilines is 4. The molecule has 0 radical (unpaired) electrons. The van der Waals surface area contributed by atoms with E-state index in [0.717, 1.165) is 23.8 Å². The molecule has 0 saturated carbocycles. The number of pyridine rings is 1. The van der Waals surface area contributed by atoms with E-state index >= 15 is 0 Å². The van der Waals surface area contributed by atoms with Crippen LogP contribution in [0, 0.1) is 25.5 Å². The summed E-state index contributed by atoms with van der Waals surface area (Å²) in [5, 5.41) is 11.0. The summed E-state index contributed by atoms with van der Waals surface area (Å²) in [4.78, 5) is 24.7. The van der Waals surface area contributed by atoms with Crippen molar-refractivity contribution in [3.8, 4) is 0 Å². The summed E-state index contributed by atoms with van der Waals surface area (Å²) in [5.41, 5.74) is 0.839. The van der Waals surface area contributed by atoms with Gasteiger partial charge in [0, 0.05) is 31.4 Å². The quantitative estimate of drug-likeness (QED) is 0.440. The molecule has 2 amide bonds. The smallest absolute Gasteiger partial charge is 0.319 e. The van der Waals surface area contributed by atoms with Gasteiger partial charge in [-0.1, -0.05) is 0 Å². The first-order chi connectivity index (χ1) is 14.4. The highest BCUT2D eigenvalue weighted by atomic mass is 19.1. The summed E-state index contributed by atoms with van der Waals surface area (Å²) in [7, 11) is 0. The molecule has 4 N–H and O–H groups in total. The first-order valence-corrected chi connectivity index (χ1v) is 9.18. The van der Waals surface area contributed by atoms with E-state index in [9.17, 15) is 13.6 Å². The number of benzene rings is 1. The lowest BCUT2D eigenvalue weighted by molar-refractivity contribution is 0.252. The Morgan fingerprint density at radius 2 is 1.77 bits per heavy atom. The molecule has 0 aliphatic heterocycles. The maximum atomic E-state index is 13.5. The van der Waals surface area contributed by atoms with Crippen LogP contribution < -0.4 is 21.3 Å². The molecule has 0 aliphatic carbocycles. The molecule has 0 spiro atoms. The minimum atomic E-state index is -0.718. The molecular weight excluding hydrogens is 392 g/mol. The summed E-state index contributed by atoms with van der Waals surface area (Å²) in [5.74, 6) is 1.01. The Labute approximate surface area is 172 Å². The van der Waals surface area contributed by atoms with E-state index in [1.165, 1.54) is 0 Å². The number of carbonyl (C=O) groups is 1. The lowest BCUT2D eigenvalue weighted by Crippen LogP contribution is -2.33. The largest absolute Gasteiger partial charge is 0.368 e. The van der Waals surface area contributed by atoms with Crippen molar-refractivity contribution in [3.63, 3.8) is 0 Å². The highest BCUT2D eigenvalue weighted by molar-refractivity contribution is 5.89. The first-order valence-electron chi connectivity index (χ1n) is 9.18. The van der Waals surface area contributed by atoms with Crippen LogP contribution in [0.25, 0.3) is 0 Å². The Morgan fingerprint density at radius 3 is 2.57 bits per heavy atom. The van der Waals surface area contributed by atoms with Crippen LogP contribution in [-0.4, -0.2) is 34.1 Å². The van der Waals surface area contributed by atoms with Crippen molar-refractivity contribution in [2.24, 2.45) is 0 Å². The standard InChI is InChI=1S/C20H21F2N7O/c1-12-5-6-23-17(9-12)29-19-11-18(26-13(2)27-19)24-7-8-25-20(30)28-16-10-14(21)3-4-15(16)22/h3-6,9-11H,7-8H2,1-2H3,(H2,25,28,30)(H2,23,24,26,27,29). The molecule has 8 nitrogen and oxygen atoms in total. The van der Waals surface area contributed by atoms with Gasteiger partial charge in [-0.2, -0.15) is 0 Å². The molecule has 0 fully saturated rings. The van der Waals surface area contributed by atoms with E-state index in [1.54, 1.807) is 19.2 Å². The molecule has 0 saturated heterocycles. The van der Waals surface area contributed by atoms with Crippen LogP contribution in [-0.2, 0) is 0 Å². The third-order valence-electron chi connectivity index (χ3n) is 3.90. The Bertz CT molecular complexity index is 1050. The molecule has 0 unspecified atom stereocenters. The lowest BCUT2D eigenvalue weighted by atomic mass is 10.3. The van der Waals surface area contributed by atoms with Crippen LogP contribution in [0.2, 0.25) is 0 Å². The average molecular weight is 413 g/mol. The van der Waals surface area contributed by atoms with Crippen LogP contribution in [0.15, 0.2) is 42.6 Å². The number of aryl methyl sites for hydroxylation is 2. The van der Waals surface area contributed by atoms with Gasteiger partial charge >= 0.3 is 6.03 Å². The topological polar surface area (TPSA) is 104 Å². The first kappa shape index (κ1) is 20.9. The molecule has 3 aromatic rings. The molecule has 2 aromatic heterocycles. The van der Waals surface area contributed by atoms with Gasteiger partial charge in [0.2, 0.25) is 0 Å². The molecule has 30 heavy (non-hydrogen) atoms. The third-order valence-corrected chi connectivity index (χ3v) is 3.90. The van der Waals surface area contributed by atoms with Gasteiger partial charge in [0.15, 0.2) is 0 Å². The van der Waals surface area contributed by atoms with E-state index in [0.29, 0.717) is 29.8 Å². The number of hydrogen-bond donors (Lipinski definition) is 4. The summed E-state index contributed by atoms with van der Waals surface area (Å²) in [6.07, 6.45) is 1.71. The summed E-state index contributed by atoms with van der Waals surface area (Å²) < 4.78 is 26.7. The predicted octanol–water partition coefficient (Wildman–Crippen LogP) is 3.74. The van der Waals surface area contributed by atoms with Crippen LogP contribution in [0.5, 0.6) is 0 Å². The van der Waals surface area contributed by atoms with E-state index < -0.39 is 17.7 Å². The van der Waals surface area contributed by atoms with Crippen LogP contribution in [0.3, 0.4) is 0 Å². The average Bonchev–Trinajstić information content (AvgIpc) is 2.68. The minimum absolute atomic E-state index is 0.229. The van der Waals surface area contributed by atoms with Crippen molar-refractivity contribution in [1.82, 2.24) is 20.3 Å². The normalized spacial score (nSPS) is 10.4. The monoisotopic (exact) mass is 413 g/mol. The Kier molecular flexibility index (Phi) is 6.68. The SMILES string of the molecule is Cc1ccnc(Nc2cc(NCCNC(=O)Nc3cc(F)ccc3F)nc(C)n2)c1. The minimum Gasteiger partial charge on any atom is -0.368 e. The van der Waals surface area contributed by atoms with Crippen molar-refractivity contribution >= 4 is 29.2 Å². The molecule has 0 atom stereocenters. The van der Waals surface area contributed by atoms with Gasteiger partial charge in [0.05, 0.1) is 5.69 Å². The number of nitrogens with one attached hydrogen (secondary N) is 4. The lowest BCUT2D eigenvalue weighted by Gasteiger charge is -2.11. The molecule has 10 heteroatoms. The zero-order valence-corrected chi connectivity index (χ0v) is 16.5. The second-order valence-electron chi connectivity index (χ2n) is 6.46. The van der Waals surface area contributed by atoms with E-state index in [4.69, 9.17) is 0 Å². The molecule has 0 bridgehead atoms. The van der Waals surface area contributed by atoms with E-state index in [2.05, 4.69) is 36.2 Å². The van der Waals surface area contributed by atoms with E-state index in [-0.39, 0.29) is 12.2 Å². The summed E-state index contributed by atoms with van der Waals surface area (Å²) in [6, 6.07) is 7.71. The number of amides is 2. The molecule has 0 aliphatic rings.